The summed E-state index contributed by atoms with van der Waals surface area (Å²) in [5, 5.41) is 14.5. The Hall–Kier alpha value is 0.01000. The summed E-state index contributed by atoms with van der Waals surface area (Å²) >= 11 is 18.3. The molecule has 0 radical (unpaired) electrons. The molecule has 1 aliphatic carbocycles. The van der Waals surface area contributed by atoms with Crippen LogP contribution < -0.4 is 5.32 Å². The molecule has 1 aliphatic rings. The highest BCUT2D eigenvalue weighted by molar-refractivity contribution is 6.48. The highest BCUT2D eigenvalue weighted by atomic mass is 35.5. The predicted octanol–water partition coefficient (Wildman–Crippen LogP) is 4.85. The van der Waals surface area contributed by atoms with E-state index in [9.17, 15) is 5.11 Å². The summed E-state index contributed by atoms with van der Waals surface area (Å²) in [6, 6.07) is 3.73. The van der Waals surface area contributed by atoms with Gasteiger partial charge < -0.3 is 10.4 Å². The number of aliphatic hydroxyl groups excluding tert-OH is 1. The van der Waals surface area contributed by atoms with Crippen molar-refractivity contribution in [1.82, 2.24) is 5.32 Å². The average molecular weight is 337 g/mol. The Balaban J connectivity index is 2.05. The van der Waals surface area contributed by atoms with E-state index in [1.54, 1.807) is 6.07 Å². The highest BCUT2D eigenvalue weighted by Crippen LogP contribution is 2.39. The van der Waals surface area contributed by atoms with Crippen LogP contribution in [0.3, 0.4) is 0 Å². The smallest absolute Gasteiger partial charge is 0.0781 e. The molecule has 1 unspecified atom stereocenters. The lowest BCUT2D eigenvalue weighted by Crippen LogP contribution is -2.36. The van der Waals surface area contributed by atoms with E-state index in [2.05, 4.69) is 5.32 Å². The van der Waals surface area contributed by atoms with Gasteiger partial charge in [0.1, 0.15) is 0 Å². The molecule has 0 spiro atoms. The molecule has 0 amide bonds. The third-order valence-electron chi connectivity index (χ3n) is 4.31. The van der Waals surface area contributed by atoms with Crippen molar-refractivity contribution in [1.29, 1.82) is 0 Å². The Labute approximate surface area is 135 Å². The van der Waals surface area contributed by atoms with Crippen molar-refractivity contribution in [3.05, 3.63) is 32.8 Å². The van der Waals surface area contributed by atoms with Crippen LogP contribution >= 0.6 is 34.8 Å². The quantitative estimate of drug-likeness (QED) is 0.753. The number of nitrogens with one attached hydrogen (secondary N) is 1. The van der Waals surface area contributed by atoms with Crippen LogP contribution in [0.4, 0.5) is 0 Å². The van der Waals surface area contributed by atoms with Crippen LogP contribution in [-0.4, -0.2) is 18.3 Å². The molecule has 0 aliphatic heterocycles. The van der Waals surface area contributed by atoms with Gasteiger partial charge in [-0.1, -0.05) is 53.7 Å². The standard InChI is InChI=1S/C15H20Cl3NO/c1-10(11-4-5-12(16)14(18)13(11)17)19-8-15(9-20)6-2-3-7-15/h4-5,10,19-20H,2-3,6-9H2,1H3. The summed E-state index contributed by atoms with van der Waals surface area (Å²) in [6.07, 6.45) is 4.56. The Bertz CT molecular complexity index is 472. The zero-order chi connectivity index (χ0) is 14.8. The van der Waals surface area contributed by atoms with Crippen molar-refractivity contribution in [3.8, 4) is 0 Å². The molecule has 0 bridgehead atoms. The normalized spacial score (nSPS) is 19.2. The first kappa shape index (κ1) is 16.4. The fraction of sp³-hybridized carbons (Fsp3) is 0.600. The van der Waals surface area contributed by atoms with Crippen LogP contribution in [0.15, 0.2) is 12.1 Å². The first-order valence-corrected chi connectivity index (χ1v) is 8.10. The second kappa shape index (κ2) is 6.85. The minimum Gasteiger partial charge on any atom is -0.396 e. The van der Waals surface area contributed by atoms with Crippen molar-refractivity contribution in [3.63, 3.8) is 0 Å². The van der Waals surface area contributed by atoms with Crippen LogP contribution in [0.5, 0.6) is 0 Å². The van der Waals surface area contributed by atoms with Gasteiger partial charge in [0.25, 0.3) is 0 Å². The van der Waals surface area contributed by atoms with Crippen molar-refractivity contribution in [2.24, 2.45) is 5.41 Å². The molecule has 20 heavy (non-hydrogen) atoms. The first-order valence-electron chi connectivity index (χ1n) is 6.97. The Kier molecular flexibility index (Phi) is 5.61. The molecule has 1 fully saturated rings. The minimum atomic E-state index is 0.0248. The van der Waals surface area contributed by atoms with Gasteiger partial charge in [-0.3, -0.25) is 0 Å². The van der Waals surface area contributed by atoms with Gasteiger partial charge in [0.2, 0.25) is 0 Å². The molecule has 1 atom stereocenters. The van der Waals surface area contributed by atoms with Crippen molar-refractivity contribution in [2.75, 3.05) is 13.2 Å². The number of hydrogen-bond acceptors (Lipinski definition) is 2. The maximum Gasteiger partial charge on any atom is 0.0781 e. The van der Waals surface area contributed by atoms with Gasteiger partial charge in [-0.15, -0.1) is 0 Å². The van der Waals surface area contributed by atoms with E-state index in [0.29, 0.717) is 15.1 Å². The Morgan fingerprint density at radius 3 is 2.45 bits per heavy atom. The average Bonchev–Trinajstić information content (AvgIpc) is 2.92. The third kappa shape index (κ3) is 3.42. The molecular weight excluding hydrogens is 317 g/mol. The van der Waals surface area contributed by atoms with E-state index in [0.717, 1.165) is 24.9 Å². The molecule has 1 aromatic carbocycles. The van der Waals surface area contributed by atoms with Gasteiger partial charge >= 0.3 is 0 Å². The third-order valence-corrected chi connectivity index (χ3v) is 5.62. The lowest BCUT2D eigenvalue weighted by Gasteiger charge is -2.29. The van der Waals surface area contributed by atoms with E-state index in [1.165, 1.54) is 12.8 Å². The van der Waals surface area contributed by atoms with Gasteiger partial charge in [-0.25, -0.2) is 0 Å². The summed E-state index contributed by atoms with van der Waals surface area (Å²) < 4.78 is 0. The van der Waals surface area contributed by atoms with Crippen molar-refractivity contribution >= 4 is 34.8 Å². The maximum atomic E-state index is 9.63. The predicted molar refractivity (Wildman–Crippen MR) is 85.9 cm³/mol. The summed E-state index contributed by atoms with van der Waals surface area (Å²) in [6.45, 7) is 3.08. The van der Waals surface area contributed by atoms with E-state index in [-0.39, 0.29) is 18.1 Å². The minimum absolute atomic E-state index is 0.0248. The van der Waals surface area contributed by atoms with Crippen LogP contribution in [0.25, 0.3) is 0 Å². The lowest BCUT2D eigenvalue weighted by molar-refractivity contribution is 0.125. The molecule has 0 heterocycles. The fourth-order valence-corrected chi connectivity index (χ4v) is 3.58. The van der Waals surface area contributed by atoms with E-state index in [1.807, 2.05) is 13.0 Å². The van der Waals surface area contributed by atoms with Crippen LogP contribution in [0, 0.1) is 5.41 Å². The Morgan fingerprint density at radius 1 is 1.20 bits per heavy atom. The van der Waals surface area contributed by atoms with E-state index >= 15 is 0 Å². The molecule has 1 saturated carbocycles. The number of halogens is 3. The molecule has 2 nitrogen and oxygen atoms in total. The number of aliphatic hydroxyl groups is 1. The molecule has 2 rings (SSSR count). The monoisotopic (exact) mass is 335 g/mol. The van der Waals surface area contributed by atoms with Crippen molar-refractivity contribution in [2.45, 2.75) is 38.6 Å². The van der Waals surface area contributed by atoms with Gasteiger partial charge in [0.15, 0.2) is 0 Å². The zero-order valence-electron chi connectivity index (χ0n) is 11.6. The van der Waals surface area contributed by atoms with Crippen LogP contribution in [0.2, 0.25) is 15.1 Å². The molecule has 1 aromatic rings. The summed E-state index contributed by atoms with van der Waals surface area (Å²) in [7, 11) is 0. The highest BCUT2D eigenvalue weighted by Gasteiger charge is 2.33. The number of rotatable bonds is 5. The van der Waals surface area contributed by atoms with E-state index in [4.69, 9.17) is 34.8 Å². The van der Waals surface area contributed by atoms with Gasteiger partial charge in [0.05, 0.1) is 15.1 Å². The van der Waals surface area contributed by atoms with Crippen LogP contribution in [-0.2, 0) is 0 Å². The zero-order valence-corrected chi connectivity index (χ0v) is 13.8. The van der Waals surface area contributed by atoms with Gasteiger partial charge in [-0.05, 0) is 31.4 Å². The maximum absolute atomic E-state index is 9.63. The second-order valence-electron chi connectivity index (χ2n) is 5.73. The first-order chi connectivity index (χ1) is 9.49. The topological polar surface area (TPSA) is 32.3 Å². The fourth-order valence-electron chi connectivity index (χ4n) is 2.87. The van der Waals surface area contributed by atoms with Gasteiger partial charge in [-0.2, -0.15) is 0 Å². The van der Waals surface area contributed by atoms with Crippen molar-refractivity contribution < 1.29 is 5.11 Å². The SMILES string of the molecule is CC(NCC1(CO)CCCC1)c1ccc(Cl)c(Cl)c1Cl. The molecular formula is C15H20Cl3NO. The molecule has 0 aromatic heterocycles. The second-order valence-corrected chi connectivity index (χ2v) is 6.90. The molecule has 112 valence electrons. The largest absolute Gasteiger partial charge is 0.396 e. The summed E-state index contributed by atoms with van der Waals surface area (Å²) in [5.74, 6) is 0. The Morgan fingerprint density at radius 2 is 1.85 bits per heavy atom. The van der Waals surface area contributed by atoms with E-state index < -0.39 is 0 Å². The molecule has 0 saturated heterocycles. The number of hydrogen-bond donors (Lipinski definition) is 2. The van der Waals surface area contributed by atoms with Crippen LogP contribution in [0.1, 0.15) is 44.2 Å². The van der Waals surface area contributed by atoms with Gasteiger partial charge in [0, 0.05) is 24.6 Å². The number of benzene rings is 1. The summed E-state index contributed by atoms with van der Waals surface area (Å²) in [4.78, 5) is 0. The molecule has 5 heteroatoms. The lowest BCUT2D eigenvalue weighted by atomic mass is 9.87. The summed E-state index contributed by atoms with van der Waals surface area (Å²) in [5.41, 5.74) is 0.962. The molecule has 2 N–H and O–H groups in total.